The van der Waals surface area contributed by atoms with Crippen molar-refractivity contribution in [1.82, 2.24) is 24.9 Å². The molecule has 0 spiro atoms. The summed E-state index contributed by atoms with van der Waals surface area (Å²) in [6, 6.07) is 54.2. The van der Waals surface area contributed by atoms with Crippen molar-refractivity contribution in [2.24, 2.45) is 0 Å². The molecule has 0 aliphatic heterocycles. The summed E-state index contributed by atoms with van der Waals surface area (Å²) < 4.78 is 19.4. The zero-order valence-corrected chi connectivity index (χ0v) is 30.0. The van der Waals surface area contributed by atoms with E-state index in [-0.39, 0.29) is 0 Å². The first-order valence-electron chi connectivity index (χ1n) is 18.7. The average Bonchev–Trinajstić information content (AvgIpc) is 3.97. The van der Waals surface area contributed by atoms with Gasteiger partial charge in [0.15, 0.2) is 28.9 Å². The second kappa shape index (κ2) is 12.3. The SMILES string of the molecule is c1ccc(-c2nc(-c3ccc4c(c3)oc3ccccc34)nc(-c3cccc4c3oc3cccc(-c5nc(-c6ccccc6)c6oc7ccccc7c6n5)c34)n2)cc1. The highest BCUT2D eigenvalue weighted by Crippen LogP contribution is 2.42. The number of hydrogen-bond donors (Lipinski definition) is 0. The van der Waals surface area contributed by atoms with E-state index >= 15 is 0 Å². The van der Waals surface area contributed by atoms with Crippen LogP contribution in [-0.2, 0) is 0 Å². The quantitative estimate of drug-likeness (QED) is 0.172. The molecule has 0 atom stereocenters. The Hall–Kier alpha value is -7.97. The van der Waals surface area contributed by atoms with E-state index in [1.165, 1.54) is 0 Å². The van der Waals surface area contributed by atoms with Gasteiger partial charge in [-0.15, -0.1) is 0 Å². The van der Waals surface area contributed by atoms with Crippen molar-refractivity contribution in [3.8, 4) is 56.8 Å². The predicted molar refractivity (Wildman–Crippen MR) is 224 cm³/mol. The topological polar surface area (TPSA) is 104 Å². The lowest BCUT2D eigenvalue weighted by Crippen LogP contribution is -2.00. The summed E-state index contributed by atoms with van der Waals surface area (Å²) in [5.41, 5.74) is 10.1. The van der Waals surface area contributed by atoms with Gasteiger partial charge in [-0.3, -0.25) is 0 Å². The van der Waals surface area contributed by atoms with Gasteiger partial charge in [-0.2, -0.15) is 0 Å². The molecule has 0 bridgehead atoms. The summed E-state index contributed by atoms with van der Waals surface area (Å²) >= 11 is 0. The molecule has 7 aromatic carbocycles. The number of para-hydroxylation sites is 3. The molecular weight excluding hydrogens is 707 g/mol. The van der Waals surface area contributed by atoms with E-state index in [1.807, 2.05) is 146 Å². The van der Waals surface area contributed by atoms with Crippen LogP contribution in [0.25, 0.3) is 123 Å². The smallest absolute Gasteiger partial charge is 0.180 e. The molecule has 0 saturated heterocycles. The molecule has 5 heterocycles. The van der Waals surface area contributed by atoms with Gasteiger partial charge in [0.1, 0.15) is 39.1 Å². The first kappa shape index (κ1) is 31.4. The Labute approximate surface area is 323 Å². The Morgan fingerprint density at radius 2 is 0.895 bits per heavy atom. The number of nitrogens with zero attached hydrogens (tertiary/aromatic N) is 5. The molecule has 8 heteroatoms. The van der Waals surface area contributed by atoms with Crippen molar-refractivity contribution < 1.29 is 13.3 Å². The van der Waals surface area contributed by atoms with Gasteiger partial charge in [0, 0.05) is 49.2 Å². The van der Waals surface area contributed by atoms with E-state index in [0.29, 0.717) is 40.0 Å². The molecule has 57 heavy (non-hydrogen) atoms. The van der Waals surface area contributed by atoms with Gasteiger partial charge in [0.2, 0.25) is 0 Å². The molecule has 0 saturated carbocycles. The highest BCUT2D eigenvalue weighted by molar-refractivity contribution is 6.15. The molecule has 5 aromatic heterocycles. The summed E-state index contributed by atoms with van der Waals surface area (Å²) in [5, 5.41) is 4.82. The fourth-order valence-corrected chi connectivity index (χ4v) is 7.92. The van der Waals surface area contributed by atoms with Gasteiger partial charge in [-0.25, -0.2) is 24.9 Å². The van der Waals surface area contributed by atoms with Gasteiger partial charge >= 0.3 is 0 Å². The molecule has 0 fully saturated rings. The summed E-state index contributed by atoms with van der Waals surface area (Å²) in [6.07, 6.45) is 0. The lowest BCUT2D eigenvalue weighted by atomic mass is 10.0. The van der Waals surface area contributed by atoms with Crippen molar-refractivity contribution in [3.63, 3.8) is 0 Å². The van der Waals surface area contributed by atoms with Crippen LogP contribution >= 0.6 is 0 Å². The molecule has 0 aliphatic rings. The van der Waals surface area contributed by atoms with Gasteiger partial charge in [-0.1, -0.05) is 121 Å². The lowest BCUT2D eigenvalue weighted by molar-refractivity contribution is 0.667. The Balaban J connectivity index is 1.07. The van der Waals surface area contributed by atoms with E-state index in [9.17, 15) is 0 Å². The molecule has 12 rings (SSSR count). The maximum Gasteiger partial charge on any atom is 0.180 e. The molecule has 266 valence electrons. The fourth-order valence-electron chi connectivity index (χ4n) is 7.92. The number of hydrogen-bond acceptors (Lipinski definition) is 8. The number of benzene rings is 7. The standard InChI is InChI=1S/C49H27N5O3/c1-3-13-28(14-4-1)42-45-43(33-18-8-10-23-38(33)56-45)51-48(50-42)35-20-12-24-39-41(35)34-19-11-21-36(44(34)57-39)49-53-46(29-15-5-2-6-16-29)52-47(54-49)30-25-26-32-31-17-7-9-22-37(31)55-40(32)27-30/h1-27H. The van der Waals surface area contributed by atoms with Crippen LogP contribution in [0.3, 0.4) is 0 Å². The van der Waals surface area contributed by atoms with E-state index in [0.717, 1.165) is 82.7 Å². The van der Waals surface area contributed by atoms with Crippen molar-refractivity contribution in [2.45, 2.75) is 0 Å². The summed E-state index contributed by atoms with van der Waals surface area (Å²) in [4.78, 5) is 25.5. The van der Waals surface area contributed by atoms with E-state index in [4.69, 9.17) is 38.2 Å². The van der Waals surface area contributed by atoms with Gasteiger partial charge in [0.25, 0.3) is 0 Å². The molecule has 0 N–H and O–H groups in total. The van der Waals surface area contributed by atoms with Crippen molar-refractivity contribution in [2.75, 3.05) is 0 Å². The molecule has 12 aromatic rings. The second-order valence-electron chi connectivity index (χ2n) is 14.0. The third kappa shape index (κ3) is 4.97. The molecule has 0 amide bonds. The van der Waals surface area contributed by atoms with E-state index in [2.05, 4.69) is 18.2 Å². The third-order valence-electron chi connectivity index (χ3n) is 10.6. The maximum atomic E-state index is 6.75. The normalized spacial score (nSPS) is 11.9. The Bertz CT molecular complexity index is 3530. The first-order chi connectivity index (χ1) is 28.2. The summed E-state index contributed by atoms with van der Waals surface area (Å²) in [6.45, 7) is 0. The van der Waals surface area contributed by atoms with E-state index < -0.39 is 0 Å². The maximum absolute atomic E-state index is 6.75. The van der Waals surface area contributed by atoms with Crippen molar-refractivity contribution >= 4 is 65.9 Å². The third-order valence-corrected chi connectivity index (χ3v) is 10.6. The lowest BCUT2D eigenvalue weighted by Gasteiger charge is -2.09. The molecule has 0 radical (unpaired) electrons. The zero-order valence-electron chi connectivity index (χ0n) is 30.0. The Morgan fingerprint density at radius 1 is 0.316 bits per heavy atom. The Kier molecular flexibility index (Phi) is 6.76. The minimum atomic E-state index is 0.490. The molecule has 0 aliphatic carbocycles. The van der Waals surface area contributed by atoms with Crippen molar-refractivity contribution in [1.29, 1.82) is 0 Å². The van der Waals surface area contributed by atoms with Gasteiger partial charge in [0.05, 0.1) is 5.56 Å². The highest BCUT2D eigenvalue weighted by Gasteiger charge is 2.23. The van der Waals surface area contributed by atoms with Crippen molar-refractivity contribution in [3.05, 3.63) is 164 Å². The molecule has 8 nitrogen and oxygen atoms in total. The van der Waals surface area contributed by atoms with Crippen LogP contribution in [0.4, 0.5) is 0 Å². The number of fused-ring (bicyclic) bond motifs is 9. The van der Waals surface area contributed by atoms with Gasteiger partial charge in [-0.05, 0) is 42.5 Å². The zero-order chi connectivity index (χ0) is 37.5. The first-order valence-corrected chi connectivity index (χ1v) is 18.7. The highest BCUT2D eigenvalue weighted by atomic mass is 16.3. The monoisotopic (exact) mass is 733 g/mol. The number of rotatable bonds is 5. The van der Waals surface area contributed by atoms with Crippen LogP contribution in [-0.4, -0.2) is 24.9 Å². The minimum Gasteiger partial charge on any atom is -0.456 e. The molecular formula is C49H27N5O3. The van der Waals surface area contributed by atoms with Crippen LogP contribution in [0, 0.1) is 0 Å². The Morgan fingerprint density at radius 3 is 1.72 bits per heavy atom. The minimum absolute atomic E-state index is 0.490. The molecule has 0 unspecified atom stereocenters. The van der Waals surface area contributed by atoms with Crippen LogP contribution in [0.5, 0.6) is 0 Å². The summed E-state index contributed by atoms with van der Waals surface area (Å²) in [5.74, 6) is 2.14. The second-order valence-corrected chi connectivity index (χ2v) is 14.0. The van der Waals surface area contributed by atoms with Crippen LogP contribution < -0.4 is 0 Å². The van der Waals surface area contributed by atoms with E-state index in [1.54, 1.807) is 0 Å². The van der Waals surface area contributed by atoms with Crippen LogP contribution in [0.2, 0.25) is 0 Å². The predicted octanol–water partition coefficient (Wildman–Crippen LogP) is 12.7. The van der Waals surface area contributed by atoms with Crippen LogP contribution in [0.15, 0.2) is 177 Å². The van der Waals surface area contributed by atoms with Gasteiger partial charge < -0.3 is 13.3 Å². The largest absolute Gasteiger partial charge is 0.456 e. The number of aromatic nitrogens is 5. The number of furan rings is 3. The van der Waals surface area contributed by atoms with Crippen LogP contribution in [0.1, 0.15) is 0 Å². The fraction of sp³-hybridized carbons (Fsp3) is 0. The summed E-state index contributed by atoms with van der Waals surface area (Å²) in [7, 11) is 0. The average molecular weight is 734 g/mol.